The first-order valence-corrected chi connectivity index (χ1v) is 11.2. The van der Waals surface area contributed by atoms with Crippen molar-refractivity contribution in [3.8, 4) is 22.2 Å². The van der Waals surface area contributed by atoms with Crippen molar-refractivity contribution in [2.75, 3.05) is 0 Å². The minimum absolute atomic E-state index is 0.0715. The number of halogens is 1. The predicted octanol–water partition coefficient (Wildman–Crippen LogP) is 4.81. The maximum absolute atomic E-state index is 12.7. The molecule has 1 aromatic carbocycles. The van der Waals surface area contributed by atoms with Crippen LogP contribution in [0.4, 0.5) is 0 Å². The number of hydrogen-bond donors (Lipinski definition) is 1. The van der Waals surface area contributed by atoms with Crippen molar-refractivity contribution in [3.63, 3.8) is 0 Å². The normalized spacial score (nSPS) is 11.8. The van der Waals surface area contributed by atoms with Crippen molar-refractivity contribution in [1.82, 2.24) is 14.9 Å². The third kappa shape index (κ3) is 4.27. The largest absolute Gasteiger partial charge is 0.465 e. The van der Waals surface area contributed by atoms with Crippen LogP contribution in [0.2, 0.25) is 5.02 Å². The van der Waals surface area contributed by atoms with Crippen LogP contribution < -0.4 is 4.72 Å². The van der Waals surface area contributed by atoms with Crippen LogP contribution in [-0.4, -0.2) is 18.6 Å². The van der Waals surface area contributed by atoms with E-state index >= 15 is 0 Å². The minimum atomic E-state index is -3.72. The van der Waals surface area contributed by atoms with Crippen LogP contribution in [0.1, 0.15) is 16.4 Å². The monoisotopic (exact) mass is 449 g/mol. The van der Waals surface area contributed by atoms with Crippen LogP contribution in [0, 0.1) is 13.8 Å². The predicted molar refractivity (Wildman–Crippen MR) is 110 cm³/mol. The Hall–Kier alpha value is -2.46. The van der Waals surface area contributed by atoms with E-state index in [0.29, 0.717) is 26.4 Å². The highest BCUT2D eigenvalue weighted by molar-refractivity contribution is 7.89. The molecule has 0 spiro atoms. The molecule has 4 aromatic rings. The number of sulfonamides is 1. The zero-order chi connectivity index (χ0) is 20.6. The number of nitrogens with zero attached hydrogens (tertiary/aromatic N) is 2. The molecule has 0 aliphatic rings. The number of furan rings is 1. The lowest BCUT2D eigenvalue weighted by Crippen LogP contribution is -2.23. The first-order chi connectivity index (χ1) is 13.8. The lowest BCUT2D eigenvalue weighted by atomic mass is 10.2. The molecule has 0 aliphatic carbocycles. The van der Waals surface area contributed by atoms with E-state index in [2.05, 4.69) is 14.9 Å². The van der Waals surface area contributed by atoms with Crippen LogP contribution in [0.25, 0.3) is 22.2 Å². The van der Waals surface area contributed by atoms with Gasteiger partial charge in [0.15, 0.2) is 0 Å². The molecule has 150 valence electrons. The van der Waals surface area contributed by atoms with E-state index in [1.54, 1.807) is 50.2 Å². The maximum Gasteiger partial charge on any atom is 0.268 e. The fourth-order valence-electron chi connectivity index (χ4n) is 2.70. The summed E-state index contributed by atoms with van der Waals surface area (Å²) in [7, 11) is -3.72. The van der Waals surface area contributed by atoms with Gasteiger partial charge in [0.25, 0.3) is 5.89 Å². The summed E-state index contributed by atoms with van der Waals surface area (Å²) < 4.78 is 38.7. The lowest BCUT2D eigenvalue weighted by Gasteiger charge is -2.04. The van der Waals surface area contributed by atoms with E-state index in [-0.39, 0.29) is 17.3 Å². The van der Waals surface area contributed by atoms with Crippen LogP contribution in [0.5, 0.6) is 0 Å². The van der Waals surface area contributed by atoms with E-state index in [0.717, 1.165) is 11.3 Å². The highest BCUT2D eigenvalue weighted by atomic mass is 35.5. The Morgan fingerprint density at radius 1 is 1.14 bits per heavy atom. The maximum atomic E-state index is 12.7. The fraction of sp³-hybridized carbons (Fsp3) is 0.158. The van der Waals surface area contributed by atoms with Crippen LogP contribution in [-0.2, 0) is 16.6 Å². The average molecular weight is 450 g/mol. The molecule has 0 bridgehead atoms. The number of rotatable bonds is 6. The van der Waals surface area contributed by atoms with Crippen molar-refractivity contribution in [3.05, 3.63) is 63.9 Å². The number of thiophene rings is 1. The number of aromatic nitrogens is 2. The van der Waals surface area contributed by atoms with Gasteiger partial charge in [-0.05, 0) is 56.3 Å². The van der Waals surface area contributed by atoms with Gasteiger partial charge in [-0.3, -0.25) is 0 Å². The summed E-state index contributed by atoms with van der Waals surface area (Å²) in [6, 6.07) is 12.1. The summed E-state index contributed by atoms with van der Waals surface area (Å²) in [6.45, 7) is 3.61. The third-order valence-corrected chi connectivity index (χ3v) is 7.08. The molecule has 3 aromatic heterocycles. The van der Waals surface area contributed by atoms with E-state index in [1.165, 1.54) is 17.4 Å². The highest BCUT2D eigenvalue weighted by Crippen LogP contribution is 2.33. The van der Waals surface area contributed by atoms with Crippen molar-refractivity contribution in [1.29, 1.82) is 0 Å². The van der Waals surface area contributed by atoms with Gasteiger partial charge in [-0.15, -0.1) is 11.3 Å². The van der Waals surface area contributed by atoms with E-state index < -0.39 is 10.0 Å². The first kappa shape index (κ1) is 19.8. The van der Waals surface area contributed by atoms with Gasteiger partial charge in [0.2, 0.25) is 15.8 Å². The molecule has 0 saturated carbocycles. The highest BCUT2D eigenvalue weighted by Gasteiger charge is 2.23. The summed E-state index contributed by atoms with van der Waals surface area (Å²) in [5.74, 6) is 1.93. The van der Waals surface area contributed by atoms with Crippen molar-refractivity contribution >= 4 is 33.0 Å². The molecule has 3 heterocycles. The van der Waals surface area contributed by atoms with Crippen molar-refractivity contribution < 1.29 is 17.4 Å². The first-order valence-electron chi connectivity index (χ1n) is 8.57. The summed E-state index contributed by atoms with van der Waals surface area (Å²) in [5, 5.41) is 4.58. The molecule has 7 nitrogen and oxygen atoms in total. The topological polar surface area (TPSA) is 98.2 Å². The van der Waals surface area contributed by atoms with Crippen molar-refractivity contribution in [2.45, 2.75) is 25.3 Å². The SMILES string of the molecule is Cc1ccc(CNS(=O)(=O)c2cc(-c3nc(-c4ccc(Cl)cc4)no3)sc2C)o1. The second-order valence-electron chi connectivity index (χ2n) is 6.30. The Labute approximate surface area is 176 Å². The minimum Gasteiger partial charge on any atom is -0.465 e. The molecule has 29 heavy (non-hydrogen) atoms. The molecule has 0 radical (unpaired) electrons. The van der Waals surface area contributed by atoms with Gasteiger partial charge in [-0.1, -0.05) is 16.8 Å². The van der Waals surface area contributed by atoms with Gasteiger partial charge in [-0.2, -0.15) is 4.98 Å². The van der Waals surface area contributed by atoms with Crippen LogP contribution >= 0.6 is 22.9 Å². The van der Waals surface area contributed by atoms with Gasteiger partial charge in [0.05, 0.1) is 16.3 Å². The summed E-state index contributed by atoms with van der Waals surface area (Å²) in [4.78, 5) is 5.74. The standard InChI is InChI=1S/C19H16ClN3O4S2/c1-11-3-8-15(26-11)10-21-29(24,25)17-9-16(28-12(17)2)19-22-18(23-27-19)13-4-6-14(20)7-5-13/h3-9,21H,10H2,1-2H3. The molecule has 10 heteroatoms. The molecule has 0 aliphatic heterocycles. The van der Waals surface area contributed by atoms with Crippen LogP contribution in [0.3, 0.4) is 0 Å². The average Bonchev–Trinajstić information content (AvgIpc) is 3.40. The lowest BCUT2D eigenvalue weighted by molar-refractivity contribution is 0.433. The summed E-state index contributed by atoms with van der Waals surface area (Å²) in [5.41, 5.74) is 0.751. The van der Waals surface area contributed by atoms with E-state index in [9.17, 15) is 8.42 Å². The molecule has 0 saturated heterocycles. The molecule has 0 atom stereocenters. The number of nitrogens with one attached hydrogen (secondary N) is 1. The Kier molecular flexibility index (Phi) is 5.30. The number of aryl methyl sites for hydroxylation is 2. The van der Waals surface area contributed by atoms with Gasteiger partial charge in [0.1, 0.15) is 11.5 Å². The zero-order valence-corrected chi connectivity index (χ0v) is 17.9. The number of hydrogen-bond acceptors (Lipinski definition) is 7. The third-order valence-electron chi connectivity index (χ3n) is 4.13. The van der Waals surface area contributed by atoms with E-state index in [4.69, 9.17) is 20.5 Å². The Bertz CT molecular complexity index is 1260. The molecule has 0 fully saturated rings. The summed E-state index contributed by atoms with van der Waals surface area (Å²) >= 11 is 7.17. The quantitative estimate of drug-likeness (QED) is 0.453. The van der Waals surface area contributed by atoms with Gasteiger partial charge in [0, 0.05) is 15.5 Å². The molecular formula is C19H16ClN3O4S2. The zero-order valence-electron chi connectivity index (χ0n) is 15.5. The van der Waals surface area contributed by atoms with Gasteiger partial charge in [-0.25, -0.2) is 13.1 Å². The molecule has 0 unspecified atom stereocenters. The fourth-order valence-corrected chi connectivity index (χ4v) is 5.33. The molecular weight excluding hydrogens is 434 g/mol. The molecule has 1 N–H and O–H groups in total. The summed E-state index contributed by atoms with van der Waals surface area (Å²) in [6.07, 6.45) is 0. The Morgan fingerprint density at radius 3 is 2.59 bits per heavy atom. The van der Waals surface area contributed by atoms with Crippen LogP contribution in [0.15, 0.2) is 56.3 Å². The Morgan fingerprint density at radius 2 is 1.90 bits per heavy atom. The van der Waals surface area contributed by atoms with E-state index in [1.807, 2.05) is 0 Å². The van der Waals surface area contributed by atoms with Crippen molar-refractivity contribution in [2.24, 2.45) is 0 Å². The molecule has 4 rings (SSSR count). The van der Waals surface area contributed by atoms with Gasteiger partial charge >= 0.3 is 0 Å². The Balaban J connectivity index is 1.56. The van der Waals surface area contributed by atoms with Gasteiger partial charge < -0.3 is 8.94 Å². The second kappa shape index (κ2) is 7.75. The molecule has 0 amide bonds. The second-order valence-corrected chi connectivity index (χ2v) is 9.73. The number of benzene rings is 1. The smallest absolute Gasteiger partial charge is 0.268 e.